The van der Waals surface area contributed by atoms with E-state index in [9.17, 15) is 4.79 Å². The molecule has 0 unspecified atom stereocenters. The molecule has 3 aromatic heterocycles. The van der Waals surface area contributed by atoms with Crippen LogP contribution in [0.15, 0.2) is 57.9 Å². The molecule has 8 heteroatoms. The number of amides is 1. The van der Waals surface area contributed by atoms with Crippen molar-refractivity contribution in [1.29, 1.82) is 0 Å². The number of imidazole rings is 1. The maximum atomic E-state index is 12.9. The van der Waals surface area contributed by atoms with Crippen LogP contribution in [0, 0.1) is 6.92 Å². The van der Waals surface area contributed by atoms with Gasteiger partial charge < -0.3 is 23.6 Å². The lowest BCUT2D eigenvalue weighted by Gasteiger charge is -2.11. The van der Waals surface area contributed by atoms with Gasteiger partial charge in [0.05, 0.1) is 12.1 Å². The number of halogens is 1. The molecule has 144 valence electrons. The standard InChI is InChI=1S/C20H19BrN4O3/c1-13-22-7-8-24(13)15-5-3-14(4-6-15)23-20(26)17-11-18-16(12-19(21)28-18)25(17)9-10-27-2/h3-8,11-12H,9-10H2,1-2H3,(H,23,26). The van der Waals surface area contributed by atoms with Crippen molar-refractivity contribution in [3.8, 4) is 5.69 Å². The maximum Gasteiger partial charge on any atom is 0.272 e. The molecule has 0 fully saturated rings. The van der Waals surface area contributed by atoms with Gasteiger partial charge in [-0.05, 0) is 47.1 Å². The molecule has 0 saturated carbocycles. The predicted octanol–water partition coefficient (Wildman–Crippen LogP) is 4.39. The highest BCUT2D eigenvalue weighted by atomic mass is 79.9. The zero-order valence-corrected chi connectivity index (χ0v) is 17.1. The van der Waals surface area contributed by atoms with Crippen LogP contribution in [0.25, 0.3) is 16.8 Å². The lowest BCUT2D eigenvalue weighted by Crippen LogP contribution is -2.18. The van der Waals surface area contributed by atoms with Gasteiger partial charge in [0.25, 0.3) is 5.91 Å². The molecule has 1 amide bonds. The van der Waals surface area contributed by atoms with Crippen molar-refractivity contribution >= 4 is 38.6 Å². The molecule has 0 aliphatic heterocycles. The molecule has 0 saturated heterocycles. The molecule has 3 heterocycles. The molecule has 1 N–H and O–H groups in total. The second kappa shape index (κ2) is 7.65. The molecule has 28 heavy (non-hydrogen) atoms. The number of nitrogens with zero attached hydrogens (tertiary/aromatic N) is 3. The van der Waals surface area contributed by atoms with E-state index < -0.39 is 0 Å². The minimum absolute atomic E-state index is 0.204. The van der Waals surface area contributed by atoms with Gasteiger partial charge in [0.15, 0.2) is 10.3 Å². The Kier molecular flexibility index (Phi) is 5.06. The first-order valence-electron chi connectivity index (χ1n) is 8.76. The van der Waals surface area contributed by atoms with E-state index in [4.69, 9.17) is 9.15 Å². The third-order valence-corrected chi connectivity index (χ3v) is 4.93. The lowest BCUT2D eigenvalue weighted by atomic mass is 10.2. The van der Waals surface area contributed by atoms with Gasteiger partial charge in [-0.1, -0.05) is 0 Å². The summed E-state index contributed by atoms with van der Waals surface area (Å²) >= 11 is 3.33. The molecule has 0 bridgehead atoms. The number of fused-ring (bicyclic) bond motifs is 1. The maximum absolute atomic E-state index is 12.9. The van der Waals surface area contributed by atoms with Crippen LogP contribution < -0.4 is 5.32 Å². The van der Waals surface area contributed by atoms with Crippen molar-refractivity contribution in [3.63, 3.8) is 0 Å². The van der Waals surface area contributed by atoms with Gasteiger partial charge in [0.1, 0.15) is 11.5 Å². The molecule has 7 nitrogen and oxygen atoms in total. The molecule has 0 aliphatic rings. The number of hydrogen-bond acceptors (Lipinski definition) is 4. The number of nitrogens with one attached hydrogen (secondary N) is 1. The smallest absolute Gasteiger partial charge is 0.272 e. The molecule has 0 radical (unpaired) electrons. The van der Waals surface area contributed by atoms with Gasteiger partial charge in [-0.3, -0.25) is 4.79 Å². The van der Waals surface area contributed by atoms with Gasteiger partial charge in [-0.25, -0.2) is 4.98 Å². The number of furan rings is 1. The number of aryl methyl sites for hydroxylation is 1. The minimum atomic E-state index is -0.204. The summed E-state index contributed by atoms with van der Waals surface area (Å²) in [6, 6.07) is 11.2. The van der Waals surface area contributed by atoms with E-state index in [0.29, 0.717) is 34.8 Å². The molecule has 0 spiro atoms. The first kappa shape index (κ1) is 18.5. The van der Waals surface area contributed by atoms with Gasteiger partial charge in [-0.15, -0.1) is 0 Å². The minimum Gasteiger partial charge on any atom is -0.448 e. The van der Waals surface area contributed by atoms with Gasteiger partial charge in [0, 0.05) is 49.6 Å². The number of ether oxygens (including phenoxy) is 1. The Hall–Kier alpha value is -2.84. The van der Waals surface area contributed by atoms with E-state index in [2.05, 4.69) is 26.2 Å². The SMILES string of the molecule is COCCn1c(C(=O)Nc2ccc(-n3ccnc3C)cc2)cc2oc(Br)cc21. The van der Waals surface area contributed by atoms with Gasteiger partial charge >= 0.3 is 0 Å². The predicted molar refractivity (Wildman–Crippen MR) is 110 cm³/mol. The first-order valence-corrected chi connectivity index (χ1v) is 9.55. The van der Waals surface area contributed by atoms with Crippen LogP contribution in [0.3, 0.4) is 0 Å². The highest BCUT2D eigenvalue weighted by Crippen LogP contribution is 2.27. The zero-order valence-electron chi connectivity index (χ0n) is 15.5. The van der Waals surface area contributed by atoms with E-state index in [1.165, 1.54) is 0 Å². The molecule has 0 aliphatic carbocycles. The third-order valence-electron chi connectivity index (χ3n) is 4.54. The highest BCUT2D eigenvalue weighted by Gasteiger charge is 2.19. The lowest BCUT2D eigenvalue weighted by molar-refractivity contribution is 0.101. The average Bonchev–Trinajstić information content (AvgIpc) is 3.35. The van der Waals surface area contributed by atoms with Crippen LogP contribution in [0.2, 0.25) is 0 Å². The highest BCUT2D eigenvalue weighted by molar-refractivity contribution is 9.10. The largest absolute Gasteiger partial charge is 0.448 e. The van der Waals surface area contributed by atoms with Crippen LogP contribution in [0.4, 0.5) is 5.69 Å². The van der Waals surface area contributed by atoms with Crippen molar-refractivity contribution in [2.45, 2.75) is 13.5 Å². The van der Waals surface area contributed by atoms with E-state index in [-0.39, 0.29) is 5.91 Å². The summed E-state index contributed by atoms with van der Waals surface area (Å²) in [5, 5.41) is 2.95. The van der Waals surface area contributed by atoms with Crippen molar-refractivity contribution in [2.24, 2.45) is 0 Å². The Morgan fingerprint density at radius 1 is 1.29 bits per heavy atom. The quantitative estimate of drug-likeness (QED) is 0.480. The van der Waals surface area contributed by atoms with Crippen molar-refractivity contribution in [2.75, 3.05) is 19.0 Å². The summed E-state index contributed by atoms with van der Waals surface area (Å²) in [5.74, 6) is 0.701. The molecule has 1 aromatic carbocycles. The van der Waals surface area contributed by atoms with Crippen molar-refractivity contribution in [1.82, 2.24) is 14.1 Å². The van der Waals surface area contributed by atoms with Gasteiger partial charge in [0.2, 0.25) is 0 Å². The topological polar surface area (TPSA) is 74.2 Å². The number of benzene rings is 1. The first-order chi connectivity index (χ1) is 13.6. The zero-order chi connectivity index (χ0) is 19.7. The van der Waals surface area contributed by atoms with Crippen LogP contribution in [0.5, 0.6) is 0 Å². The Morgan fingerprint density at radius 3 is 2.75 bits per heavy atom. The van der Waals surface area contributed by atoms with E-state index >= 15 is 0 Å². The van der Waals surface area contributed by atoms with E-state index in [1.807, 2.05) is 52.6 Å². The van der Waals surface area contributed by atoms with Crippen LogP contribution in [-0.2, 0) is 11.3 Å². The molecule has 4 rings (SSSR count). The summed E-state index contributed by atoms with van der Waals surface area (Å²) in [7, 11) is 1.63. The molecule has 4 aromatic rings. The summed E-state index contributed by atoms with van der Waals surface area (Å²) in [5.41, 5.74) is 3.72. The van der Waals surface area contributed by atoms with Crippen LogP contribution in [0.1, 0.15) is 16.3 Å². The van der Waals surface area contributed by atoms with Gasteiger partial charge in [-0.2, -0.15) is 0 Å². The summed E-state index contributed by atoms with van der Waals surface area (Å²) in [6.07, 6.45) is 3.66. The van der Waals surface area contributed by atoms with Crippen LogP contribution in [-0.4, -0.2) is 33.7 Å². The number of methoxy groups -OCH3 is 1. The van der Waals surface area contributed by atoms with Crippen molar-refractivity contribution < 1.29 is 13.9 Å². The fourth-order valence-corrected chi connectivity index (χ4v) is 3.57. The average molecular weight is 443 g/mol. The molecular weight excluding hydrogens is 424 g/mol. The number of aromatic nitrogens is 3. The number of carbonyl (C=O) groups excluding carboxylic acids is 1. The monoisotopic (exact) mass is 442 g/mol. The molecule has 0 atom stereocenters. The summed E-state index contributed by atoms with van der Waals surface area (Å²) in [6.45, 7) is 2.98. The third kappa shape index (κ3) is 3.48. The number of anilines is 1. The van der Waals surface area contributed by atoms with E-state index in [0.717, 1.165) is 17.0 Å². The Bertz CT molecular complexity index is 1120. The van der Waals surface area contributed by atoms with Crippen molar-refractivity contribution in [3.05, 3.63) is 65.0 Å². The number of carbonyl (C=O) groups is 1. The molecular formula is C20H19BrN4O3. The second-order valence-electron chi connectivity index (χ2n) is 6.32. The Morgan fingerprint density at radius 2 is 2.07 bits per heavy atom. The fourth-order valence-electron chi connectivity index (χ4n) is 3.17. The summed E-state index contributed by atoms with van der Waals surface area (Å²) in [4.78, 5) is 17.1. The number of rotatable bonds is 6. The Balaban J connectivity index is 1.58. The van der Waals surface area contributed by atoms with E-state index in [1.54, 1.807) is 19.4 Å². The number of hydrogen-bond donors (Lipinski definition) is 1. The second-order valence-corrected chi connectivity index (χ2v) is 7.10. The van der Waals surface area contributed by atoms with Crippen LogP contribution >= 0.6 is 15.9 Å². The summed E-state index contributed by atoms with van der Waals surface area (Å²) < 4.78 is 15.3. The Labute approximate surface area is 170 Å². The normalized spacial score (nSPS) is 11.2. The fraction of sp³-hybridized carbons (Fsp3) is 0.200.